The first-order chi connectivity index (χ1) is 20.5. The molecule has 1 N–H and O–H groups in total. The van der Waals surface area contributed by atoms with Gasteiger partial charge in [-0.25, -0.2) is 5.01 Å². The van der Waals surface area contributed by atoms with Crippen LogP contribution in [0, 0.1) is 0 Å². The molecule has 0 unspecified atom stereocenters. The van der Waals surface area contributed by atoms with Gasteiger partial charge in [-0.2, -0.15) is 26.3 Å². The van der Waals surface area contributed by atoms with Crippen molar-refractivity contribution in [3.8, 4) is 0 Å². The largest absolute Gasteiger partial charge is 0.416 e. The van der Waals surface area contributed by atoms with Crippen molar-refractivity contribution >= 4 is 16.7 Å². The maximum absolute atomic E-state index is 13.7. The minimum atomic E-state index is -5.03. The van der Waals surface area contributed by atoms with Gasteiger partial charge in [0, 0.05) is 50.9 Å². The Morgan fingerprint density at radius 3 is 2.19 bits per heavy atom. The number of nitrogens with one attached hydrogen (secondary N) is 1. The van der Waals surface area contributed by atoms with Crippen molar-refractivity contribution in [3.63, 3.8) is 0 Å². The number of ether oxygens (including phenoxy) is 1. The van der Waals surface area contributed by atoms with E-state index in [1.54, 1.807) is 0 Å². The van der Waals surface area contributed by atoms with E-state index in [9.17, 15) is 31.1 Å². The van der Waals surface area contributed by atoms with Crippen molar-refractivity contribution in [1.29, 1.82) is 0 Å². The van der Waals surface area contributed by atoms with Crippen LogP contribution in [0.4, 0.5) is 26.3 Å². The highest BCUT2D eigenvalue weighted by molar-refractivity contribution is 5.95. The molecule has 12 heteroatoms. The fraction of sp³-hybridized carbons (Fsp3) is 0.452. The Balaban J connectivity index is 1.35. The van der Waals surface area contributed by atoms with Crippen molar-refractivity contribution < 1.29 is 35.9 Å². The van der Waals surface area contributed by atoms with Crippen LogP contribution in [0.25, 0.3) is 10.8 Å². The van der Waals surface area contributed by atoms with Crippen molar-refractivity contribution in [1.82, 2.24) is 20.2 Å². The normalized spacial score (nSPS) is 19.2. The number of carbonyl (C=O) groups excluding carboxylic acids is 1. The summed E-state index contributed by atoms with van der Waals surface area (Å²) in [5.74, 6) is -0.837. The van der Waals surface area contributed by atoms with Crippen molar-refractivity contribution in [2.24, 2.45) is 0 Å². The smallest absolute Gasteiger partial charge is 0.379 e. The number of alkyl halides is 6. The van der Waals surface area contributed by atoms with Gasteiger partial charge in [0.25, 0.3) is 5.91 Å². The van der Waals surface area contributed by atoms with E-state index in [1.165, 1.54) is 4.90 Å². The molecule has 3 aromatic rings. The lowest BCUT2D eigenvalue weighted by atomic mass is 9.97. The van der Waals surface area contributed by atoms with E-state index in [0.29, 0.717) is 44.9 Å². The molecule has 2 saturated heterocycles. The summed E-state index contributed by atoms with van der Waals surface area (Å²) < 4.78 is 86.6. The number of hydrazine groups is 1. The molecule has 0 aliphatic carbocycles. The number of halogens is 6. The molecule has 5 rings (SSSR count). The molecule has 0 radical (unpaired) electrons. The summed E-state index contributed by atoms with van der Waals surface area (Å²) >= 11 is 0. The number of hydrogen-bond acceptors (Lipinski definition) is 5. The van der Waals surface area contributed by atoms with Crippen molar-refractivity contribution in [2.75, 3.05) is 59.0 Å². The summed E-state index contributed by atoms with van der Waals surface area (Å²) in [5, 5.41) is 4.17. The van der Waals surface area contributed by atoms with E-state index in [0.717, 1.165) is 48.9 Å². The molecule has 0 aromatic heterocycles. The second-order valence-corrected chi connectivity index (χ2v) is 11.0. The Kier molecular flexibility index (Phi) is 9.60. The third kappa shape index (κ3) is 8.05. The molecule has 3 aromatic carbocycles. The molecular weight excluding hydrogens is 574 g/mol. The van der Waals surface area contributed by atoms with Gasteiger partial charge in [-0.1, -0.05) is 42.5 Å². The van der Waals surface area contributed by atoms with Gasteiger partial charge in [-0.05, 0) is 53.9 Å². The van der Waals surface area contributed by atoms with Gasteiger partial charge in [0.05, 0.1) is 24.3 Å². The number of hydrogen-bond donors (Lipinski definition) is 1. The maximum atomic E-state index is 13.7. The van der Waals surface area contributed by atoms with E-state index in [4.69, 9.17) is 4.74 Å². The van der Waals surface area contributed by atoms with Crippen LogP contribution >= 0.6 is 0 Å². The molecule has 2 fully saturated rings. The second-order valence-electron chi connectivity index (χ2n) is 11.0. The number of amides is 1. The van der Waals surface area contributed by atoms with Gasteiger partial charge in [0.1, 0.15) is 0 Å². The van der Waals surface area contributed by atoms with Crippen LogP contribution in [0.3, 0.4) is 0 Å². The third-order valence-corrected chi connectivity index (χ3v) is 7.95. The van der Waals surface area contributed by atoms with Crippen LogP contribution < -0.4 is 5.43 Å². The highest BCUT2D eigenvalue weighted by Crippen LogP contribution is 2.37. The number of morpholine rings is 1. The van der Waals surface area contributed by atoms with E-state index in [2.05, 4.69) is 15.3 Å². The molecule has 0 spiro atoms. The fourth-order valence-corrected chi connectivity index (χ4v) is 5.71. The van der Waals surface area contributed by atoms with Crippen molar-refractivity contribution in [2.45, 2.75) is 31.2 Å². The summed E-state index contributed by atoms with van der Waals surface area (Å²) in [6.07, 6.45) is -8.83. The first-order valence-corrected chi connectivity index (χ1v) is 14.3. The van der Waals surface area contributed by atoms with E-state index in [-0.39, 0.29) is 12.6 Å². The summed E-state index contributed by atoms with van der Waals surface area (Å²) in [4.78, 5) is 17.3. The Hall–Kier alpha value is -3.19. The molecule has 6 nitrogen and oxygen atoms in total. The maximum Gasteiger partial charge on any atom is 0.416 e. The first-order valence-electron chi connectivity index (χ1n) is 14.3. The lowest BCUT2D eigenvalue weighted by Gasteiger charge is -2.42. The number of rotatable bonds is 8. The molecule has 2 aliphatic heterocycles. The van der Waals surface area contributed by atoms with Crippen molar-refractivity contribution in [3.05, 3.63) is 82.9 Å². The van der Waals surface area contributed by atoms with E-state index >= 15 is 0 Å². The minimum Gasteiger partial charge on any atom is -0.379 e. The Morgan fingerprint density at radius 2 is 1.51 bits per heavy atom. The first kappa shape index (κ1) is 31.2. The van der Waals surface area contributed by atoms with Gasteiger partial charge >= 0.3 is 12.4 Å². The zero-order valence-electron chi connectivity index (χ0n) is 23.6. The van der Waals surface area contributed by atoms with Gasteiger partial charge < -0.3 is 9.64 Å². The van der Waals surface area contributed by atoms with E-state index in [1.807, 2.05) is 42.5 Å². The Morgan fingerprint density at radius 1 is 0.837 bits per heavy atom. The van der Waals surface area contributed by atoms with Crippen LogP contribution in [-0.4, -0.2) is 85.8 Å². The van der Waals surface area contributed by atoms with Gasteiger partial charge in [-0.15, -0.1) is 0 Å². The Labute approximate surface area is 246 Å². The summed E-state index contributed by atoms with van der Waals surface area (Å²) in [6.45, 7) is 5.54. The van der Waals surface area contributed by atoms with Crippen LogP contribution in [-0.2, 0) is 23.5 Å². The van der Waals surface area contributed by atoms with Gasteiger partial charge in [-0.3, -0.25) is 15.1 Å². The predicted molar refractivity (Wildman–Crippen MR) is 150 cm³/mol. The highest BCUT2D eigenvalue weighted by atomic mass is 19.4. The van der Waals surface area contributed by atoms with Gasteiger partial charge in [0.2, 0.25) is 0 Å². The quantitative estimate of drug-likeness (QED) is 0.272. The third-order valence-electron chi connectivity index (χ3n) is 7.95. The molecule has 43 heavy (non-hydrogen) atoms. The molecule has 1 atom stereocenters. The fourth-order valence-electron chi connectivity index (χ4n) is 5.71. The number of benzene rings is 3. The van der Waals surface area contributed by atoms with Gasteiger partial charge in [0.15, 0.2) is 0 Å². The molecule has 232 valence electrons. The zero-order valence-corrected chi connectivity index (χ0v) is 23.6. The topological polar surface area (TPSA) is 48.1 Å². The Bertz CT molecular complexity index is 1370. The molecule has 0 bridgehead atoms. The molecular formula is C31H34F6N4O2. The van der Waals surface area contributed by atoms with E-state index < -0.39 is 41.0 Å². The lowest BCUT2D eigenvalue weighted by molar-refractivity contribution is -0.143. The highest BCUT2D eigenvalue weighted by Gasteiger charge is 2.39. The zero-order chi connectivity index (χ0) is 30.6. The minimum absolute atomic E-state index is 0.0478. The number of fused-ring (bicyclic) bond motifs is 1. The molecule has 2 aliphatic rings. The number of nitrogens with zero attached hydrogens (tertiary/aromatic N) is 3. The lowest BCUT2D eigenvalue weighted by Crippen LogP contribution is -2.56. The summed E-state index contributed by atoms with van der Waals surface area (Å²) in [7, 11) is 0. The van der Waals surface area contributed by atoms with Crippen LogP contribution in [0.5, 0.6) is 0 Å². The van der Waals surface area contributed by atoms with Crippen LogP contribution in [0.1, 0.15) is 33.5 Å². The second kappa shape index (κ2) is 13.2. The van der Waals surface area contributed by atoms with Crippen LogP contribution in [0.2, 0.25) is 0 Å². The number of carbonyl (C=O) groups is 1. The molecule has 1 amide bonds. The molecule has 2 heterocycles. The number of piperazine rings is 1. The predicted octanol–water partition coefficient (Wildman–Crippen LogP) is 5.47. The summed E-state index contributed by atoms with van der Waals surface area (Å²) in [5.41, 5.74) is 0.708. The summed E-state index contributed by atoms with van der Waals surface area (Å²) in [6, 6.07) is 14.4. The standard InChI is InChI=1S/C31H34F6N4O2/c32-30(33,34)26-18-25(19-27(20-26)31(35,36)37)29(42)41-11-10-39(9-3-8-38-40-12-14-43-15-13-40)21-28(41)17-22-6-7-23-4-1-2-5-24(23)16-22/h1-2,4-7,16,18-20,28,38H,3,8-15,17,21H2/t28-/m1/s1. The average molecular weight is 609 g/mol. The SMILES string of the molecule is O=C(c1cc(C(F)(F)F)cc(C(F)(F)F)c1)N1CCN(CCCNN2CCOCC2)C[C@H]1Cc1ccc2ccccc2c1. The monoisotopic (exact) mass is 608 g/mol. The molecule has 0 saturated carbocycles. The van der Waals surface area contributed by atoms with Crippen LogP contribution in [0.15, 0.2) is 60.7 Å². The average Bonchev–Trinajstić information content (AvgIpc) is 2.98.